The monoisotopic (exact) mass is 319 g/mol. The van der Waals surface area contributed by atoms with E-state index in [4.69, 9.17) is 4.74 Å². The quantitative estimate of drug-likeness (QED) is 0.617. The van der Waals surface area contributed by atoms with Gasteiger partial charge in [0.1, 0.15) is 0 Å². The van der Waals surface area contributed by atoms with Gasteiger partial charge in [-0.2, -0.15) is 13.2 Å². The van der Waals surface area contributed by atoms with E-state index in [0.717, 1.165) is 24.4 Å². The minimum atomic E-state index is -4.08. The maximum Gasteiger partial charge on any atom is 0.389 e. The van der Waals surface area contributed by atoms with Gasteiger partial charge >= 0.3 is 12.1 Å². The molecule has 0 aromatic carbocycles. The number of methoxy groups -OCH3 is 1. The molecule has 22 heavy (non-hydrogen) atoms. The van der Waals surface area contributed by atoms with Crippen molar-refractivity contribution in [1.82, 2.24) is 14.5 Å². The molecule has 1 aliphatic heterocycles. The van der Waals surface area contributed by atoms with E-state index in [1.165, 1.54) is 7.11 Å². The topological polar surface area (TPSA) is 47.4 Å². The molecule has 0 spiro atoms. The molecule has 1 aromatic heterocycles. The molecule has 0 atom stereocenters. The van der Waals surface area contributed by atoms with Crippen LogP contribution in [0.5, 0.6) is 0 Å². The third-order valence-electron chi connectivity index (χ3n) is 3.89. The fourth-order valence-corrected chi connectivity index (χ4v) is 2.71. The number of hydrogen-bond donors (Lipinski definition) is 0. The lowest BCUT2D eigenvalue weighted by Crippen LogP contribution is -2.32. The number of esters is 1. The standard InChI is InChI=1S/C14H20F3N3O2/c1-19-11-5-8-20(7-4-3-6-14(15,16)17)9-10(11)18-12(19)13(21)22-2/h3-9H2,1-2H3. The van der Waals surface area contributed by atoms with Crippen LogP contribution in [-0.2, 0) is 24.8 Å². The Balaban J connectivity index is 1.90. The van der Waals surface area contributed by atoms with Crippen molar-refractivity contribution < 1.29 is 22.7 Å². The van der Waals surface area contributed by atoms with Crippen LogP contribution in [0.2, 0.25) is 0 Å². The average Bonchev–Trinajstić information content (AvgIpc) is 2.78. The number of halogens is 3. The molecule has 8 heteroatoms. The summed E-state index contributed by atoms with van der Waals surface area (Å²) in [5.74, 6) is -0.208. The fraction of sp³-hybridized carbons (Fsp3) is 0.714. The highest BCUT2D eigenvalue weighted by molar-refractivity contribution is 5.85. The first kappa shape index (κ1) is 16.8. The van der Waals surface area contributed by atoms with E-state index in [2.05, 4.69) is 9.88 Å². The number of ether oxygens (including phenoxy) is 1. The number of carbonyl (C=O) groups is 1. The lowest BCUT2D eigenvalue weighted by molar-refractivity contribution is -0.135. The summed E-state index contributed by atoms with van der Waals surface area (Å²) in [6.45, 7) is 1.94. The van der Waals surface area contributed by atoms with E-state index in [9.17, 15) is 18.0 Å². The number of hydrogen-bond acceptors (Lipinski definition) is 4. The summed E-state index contributed by atoms with van der Waals surface area (Å²) in [6.07, 6.45) is -3.43. The molecule has 0 fully saturated rings. The first-order valence-electron chi connectivity index (χ1n) is 7.23. The number of nitrogens with zero attached hydrogens (tertiary/aromatic N) is 3. The van der Waals surface area contributed by atoms with Crippen LogP contribution >= 0.6 is 0 Å². The smallest absolute Gasteiger partial charge is 0.389 e. The van der Waals surface area contributed by atoms with Gasteiger partial charge in [-0.25, -0.2) is 9.78 Å². The lowest BCUT2D eigenvalue weighted by Gasteiger charge is -2.26. The van der Waals surface area contributed by atoms with E-state index in [1.54, 1.807) is 11.6 Å². The van der Waals surface area contributed by atoms with Crippen molar-refractivity contribution in [2.45, 2.75) is 38.4 Å². The van der Waals surface area contributed by atoms with E-state index < -0.39 is 18.6 Å². The van der Waals surface area contributed by atoms with Crippen molar-refractivity contribution in [2.24, 2.45) is 7.05 Å². The normalized spacial score (nSPS) is 15.7. The van der Waals surface area contributed by atoms with Crippen LogP contribution in [0.1, 0.15) is 41.3 Å². The number of aromatic nitrogens is 2. The molecule has 0 saturated carbocycles. The Kier molecular flexibility index (Phi) is 5.10. The highest BCUT2D eigenvalue weighted by Gasteiger charge is 2.27. The first-order chi connectivity index (χ1) is 10.3. The number of alkyl halides is 3. The zero-order chi connectivity index (χ0) is 16.3. The molecule has 0 aliphatic carbocycles. The third-order valence-corrected chi connectivity index (χ3v) is 3.89. The second-order valence-corrected chi connectivity index (χ2v) is 5.48. The van der Waals surface area contributed by atoms with Crippen LogP contribution in [0, 0.1) is 0 Å². The molecule has 2 heterocycles. The van der Waals surface area contributed by atoms with E-state index >= 15 is 0 Å². The van der Waals surface area contributed by atoms with Gasteiger partial charge in [0, 0.05) is 38.7 Å². The summed E-state index contributed by atoms with van der Waals surface area (Å²) < 4.78 is 42.7. The van der Waals surface area contributed by atoms with Gasteiger partial charge in [0.2, 0.25) is 5.82 Å². The van der Waals surface area contributed by atoms with E-state index in [1.807, 2.05) is 0 Å². The van der Waals surface area contributed by atoms with Gasteiger partial charge in [0.25, 0.3) is 0 Å². The minimum Gasteiger partial charge on any atom is -0.463 e. The second-order valence-electron chi connectivity index (χ2n) is 5.48. The molecule has 124 valence electrons. The van der Waals surface area contributed by atoms with Gasteiger partial charge < -0.3 is 9.30 Å². The molecule has 0 bridgehead atoms. The summed E-state index contributed by atoms with van der Waals surface area (Å²) in [5, 5.41) is 0. The van der Waals surface area contributed by atoms with Gasteiger partial charge in [-0.1, -0.05) is 0 Å². The summed E-state index contributed by atoms with van der Waals surface area (Å²) in [7, 11) is 3.08. The van der Waals surface area contributed by atoms with Crippen molar-refractivity contribution in [3.63, 3.8) is 0 Å². The van der Waals surface area contributed by atoms with Gasteiger partial charge in [-0.3, -0.25) is 4.90 Å². The molecular weight excluding hydrogens is 299 g/mol. The Morgan fingerprint density at radius 2 is 2.09 bits per heavy atom. The predicted molar refractivity (Wildman–Crippen MR) is 73.4 cm³/mol. The lowest BCUT2D eigenvalue weighted by atomic mass is 10.1. The second kappa shape index (κ2) is 6.68. The van der Waals surface area contributed by atoms with Crippen molar-refractivity contribution >= 4 is 5.97 Å². The predicted octanol–water partition coefficient (Wildman–Crippen LogP) is 2.30. The van der Waals surface area contributed by atoms with Crippen LogP contribution in [0.25, 0.3) is 0 Å². The van der Waals surface area contributed by atoms with E-state index in [-0.39, 0.29) is 12.2 Å². The third kappa shape index (κ3) is 4.00. The SMILES string of the molecule is COC(=O)c1nc2c(n1C)CCN(CCCCC(F)(F)F)C2. The van der Waals surface area contributed by atoms with Crippen LogP contribution in [0.4, 0.5) is 13.2 Å². The highest BCUT2D eigenvalue weighted by atomic mass is 19.4. The zero-order valence-electron chi connectivity index (χ0n) is 12.7. The molecule has 1 aliphatic rings. The number of fused-ring (bicyclic) bond motifs is 1. The van der Waals surface area contributed by atoms with Gasteiger partial charge in [0.15, 0.2) is 0 Å². The fourth-order valence-electron chi connectivity index (χ4n) is 2.71. The number of unbranched alkanes of at least 4 members (excludes halogenated alkanes) is 1. The summed E-state index contributed by atoms with van der Waals surface area (Å²) in [4.78, 5) is 18.0. The zero-order valence-corrected chi connectivity index (χ0v) is 12.7. The number of carbonyl (C=O) groups excluding carboxylic acids is 1. The summed E-state index contributed by atoms with van der Waals surface area (Å²) in [5.41, 5.74) is 1.80. The van der Waals surface area contributed by atoms with E-state index in [0.29, 0.717) is 19.5 Å². The number of rotatable bonds is 5. The Morgan fingerprint density at radius 1 is 1.36 bits per heavy atom. The molecule has 0 unspecified atom stereocenters. The molecule has 2 rings (SSSR count). The highest BCUT2D eigenvalue weighted by Crippen LogP contribution is 2.23. The summed E-state index contributed by atoms with van der Waals surface area (Å²) in [6, 6.07) is 0. The van der Waals surface area contributed by atoms with Gasteiger partial charge in [-0.05, 0) is 19.4 Å². The Labute approximate surface area is 127 Å². The van der Waals surface area contributed by atoms with Crippen LogP contribution in [0.3, 0.4) is 0 Å². The maximum absolute atomic E-state index is 12.1. The Hall–Kier alpha value is -1.57. The van der Waals surface area contributed by atoms with Crippen molar-refractivity contribution in [3.8, 4) is 0 Å². The molecule has 1 aromatic rings. The molecule has 5 nitrogen and oxygen atoms in total. The van der Waals surface area contributed by atoms with Crippen molar-refractivity contribution in [2.75, 3.05) is 20.2 Å². The van der Waals surface area contributed by atoms with Gasteiger partial charge in [-0.15, -0.1) is 0 Å². The molecular formula is C14H20F3N3O2. The van der Waals surface area contributed by atoms with Crippen molar-refractivity contribution in [1.29, 1.82) is 0 Å². The Bertz CT molecular complexity index is 540. The average molecular weight is 319 g/mol. The molecule has 0 N–H and O–H groups in total. The molecule has 0 amide bonds. The molecule has 0 saturated heterocycles. The summed E-state index contributed by atoms with van der Waals surface area (Å²) >= 11 is 0. The number of imidazole rings is 1. The maximum atomic E-state index is 12.1. The van der Waals surface area contributed by atoms with Crippen LogP contribution < -0.4 is 0 Å². The Morgan fingerprint density at radius 3 is 2.73 bits per heavy atom. The minimum absolute atomic E-state index is 0.141. The molecule has 0 radical (unpaired) electrons. The largest absolute Gasteiger partial charge is 0.463 e. The van der Waals surface area contributed by atoms with Gasteiger partial charge in [0.05, 0.1) is 12.8 Å². The van der Waals surface area contributed by atoms with Crippen molar-refractivity contribution in [3.05, 3.63) is 17.2 Å². The first-order valence-corrected chi connectivity index (χ1v) is 7.23. The van der Waals surface area contributed by atoms with Crippen LogP contribution in [-0.4, -0.2) is 46.8 Å². The van der Waals surface area contributed by atoms with Crippen LogP contribution in [0.15, 0.2) is 0 Å².